The van der Waals surface area contributed by atoms with Crippen LogP contribution in [0.4, 0.5) is 20.2 Å². The number of amides is 1. The average molecular weight is 469 g/mol. The van der Waals surface area contributed by atoms with Crippen LogP contribution in [0.2, 0.25) is 0 Å². The van der Waals surface area contributed by atoms with Gasteiger partial charge in [0, 0.05) is 44.1 Å². The number of piperidine rings is 1. The molecule has 6 nitrogen and oxygen atoms in total. The maximum absolute atomic E-state index is 14.1. The monoisotopic (exact) mass is 468 g/mol. The molecule has 0 bridgehead atoms. The zero-order valence-electron chi connectivity index (χ0n) is 19.6. The molecule has 1 saturated carbocycles. The van der Waals surface area contributed by atoms with Gasteiger partial charge in [0.05, 0.1) is 23.2 Å². The van der Waals surface area contributed by atoms with Crippen LogP contribution in [0.5, 0.6) is 0 Å². The number of rotatable bonds is 5. The van der Waals surface area contributed by atoms with Crippen molar-refractivity contribution in [2.24, 2.45) is 0 Å². The van der Waals surface area contributed by atoms with Crippen molar-refractivity contribution < 1.29 is 18.3 Å². The number of imidazole rings is 1. The zero-order chi connectivity index (χ0) is 23.8. The number of nitrogens with zero attached hydrogens (tertiary/aromatic N) is 3. The van der Waals surface area contributed by atoms with Crippen LogP contribution in [-0.4, -0.2) is 35.7 Å². The van der Waals surface area contributed by atoms with Crippen molar-refractivity contribution in [1.82, 2.24) is 9.55 Å². The topological polar surface area (TPSA) is 59.4 Å². The molecule has 2 aliphatic rings. The van der Waals surface area contributed by atoms with Gasteiger partial charge < -0.3 is 19.5 Å². The van der Waals surface area contributed by atoms with E-state index in [9.17, 15) is 13.6 Å². The molecule has 1 N–H and O–H groups in total. The van der Waals surface area contributed by atoms with Crippen LogP contribution in [0.1, 0.15) is 62.9 Å². The number of fused-ring (bicyclic) bond motifs is 1. The van der Waals surface area contributed by atoms with Crippen LogP contribution in [0, 0.1) is 11.6 Å². The molecule has 1 atom stereocenters. The minimum absolute atomic E-state index is 0.0973. The van der Waals surface area contributed by atoms with E-state index in [0.29, 0.717) is 18.5 Å². The summed E-state index contributed by atoms with van der Waals surface area (Å²) in [5.74, 6) is -1.17. The molecule has 1 aliphatic heterocycles. The molecule has 3 aromatic rings. The number of methoxy groups -OCH3 is 1. The fourth-order valence-corrected chi connectivity index (χ4v) is 5.50. The summed E-state index contributed by atoms with van der Waals surface area (Å²) in [6.45, 7) is 0. The van der Waals surface area contributed by atoms with Crippen LogP contribution < -0.4 is 10.2 Å². The third kappa shape index (κ3) is 4.04. The highest BCUT2D eigenvalue weighted by atomic mass is 19.2. The van der Waals surface area contributed by atoms with E-state index < -0.39 is 11.6 Å². The fourth-order valence-electron chi connectivity index (χ4n) is 5.50. The quantitative estimate of drug-likeness (QED) is 0.518. The fraction of sp³-hybridized carbons (Fsp3) is 0.462. The van der Waals surface area contributed by atoms with Crippen LogP contribution in [0.25, 0.3) is 11.0 Å². The summed E-state index contributed by atoms with van der Waals surface area (Å²) in [4.78, 5) is 19.8. The number of ether oxygens (including phenoxy) is 1. The largest absolute Gasteiger partial charge is 0.388 e. The van der Waals surface area contributed by atoms with Gasteiger partial charge in [0.2, 0.25) is 5.91 Å². The minimum Gasteiger partial charge on any atom is -0.388 e. The summed E-state index contributed by atoms with van der Waals surface area (Å²) >= 11 is 0. The Balaban J connectivity index is 1.63. The van der Waals surface area contributed by atoms with E-state index >= 15 is 0 Å². The summed E-state index contributed by atoms with van der Waals surface area (Å²) < 4.78 is 35.6. The van der Waals surface area contributed by atoms with E-state index in [4.69, 9.17) is 9.72 Å². The molecule has 0 radical (unpaired) electrons. The van der Waals surface area contributed by atoms with Crippen molar-refractivity contribution in [1.29, 1.82) is 0 Å². The first-order valence-electron chi connectivity index (χ1n) is 12.0. The Morgan fingerprint density at radius 1 is 1.03 bits per heavy atom. The number of aromatic nitrogens is 2. The number of halogens is 2. The molecule has 180 valence electrons. The third-order valence-electron chi connectivity index (χ3n) is 7.28. The molecule has 1 saturated heterocycles. The van der Waals surface area contributed by atoms with E-state index in [0.717, 1.165) is 66.8 Å². The van der Waals surface area contributed by atoms with Gasteiger partial charge in [-0.15, -0.1) is 0 Å². The molecule has 34 heavy (non-hydrogen) atoms. The molecule has 2 aromatic carbocycles. The van der Waals surface area contributed by atoms with Crippen LogP contribution in [0.15, 0.2) is 36.4 Å². The number of hydrogen-bond acceptors (Lipinski definition) is 4. The predicted octanol–water partition coefficient (Wildman–Crippen LogP) is 5.74. The van der Waals surface area contributed by atoms with Crippen LogP contribution in [-0.2, 0) is 9.53 Å². The lowest BCUT2D eigenvalue weighted by Gasteiger charge is -2.37. The van der Waals surface area contributed by atoms with Crippen LogP contribution in [0.3, 0.4) is 0 Å². The number of nitrogens with one attached hydrogen (secondary N) is 1. The van der Waals surface area contributed by atoms with Gasteiger partial charge in [-0.2, -0.15) is 0 Å². The normalized spacial score (nSPS) is 23.5. The Bertz CT molecular complexity index is 1200. The van der Waals surface area contributed by atoms with E-state index in [2.05, 4.69) is 16.0 Å². The molecule has 5 rings (SSSR count). The molecule has 2 fully saturated rings. The van der Waals surface area contributed by atoms with E-state index in [1.165, 1.54) is 6.07 Å². The van der Waals surface area contributed by atoms with Crippen molar-refractivity contribution in [3.05, 3.63) is 53.9 Å². The second-order valence-corrected chi connectivity index (χ2v) is 9.23. The second kappa shape index (κ2) is 9.33. The van der Waals surface area contributed by atoms with Crippen molar-refractivity contribution in [2.45, 2.75) is 63.1 Å². The Morgan fingerprint density at radius 2 is 1.82 bits per heavy atom. The minimum atomic E-state index is -0.959. The Kier molecular flexibility index (Phi) is 6.25. The molecular weight excluding hydrogens is 438 g/mol. The molecule has 1 amide bonds. The highest BCUT2D eigenvalue weighted by Crippen LogP contribution is 2.41. The van der Waals surface area contributed by atoms with Crippen molar-refractivity contribution in [2.75, 3.05) is 24.4 Å². The van der Waals surface area contributed by atoms with Gasteiger partial charge in [0.1, 0.15) is 5.82 Å². The molecule has 2 heterocycles. The lowest BCUT2D eigenvalue weighted by atomic mass is 9.92. The Hall–Kier alpha value is -3.00. The predicted molar refractivity (Wildman–Crippen MR) is 128 cm³/mol. The van der Waals surface area contributed by atoms with Gasteiger partial charge >= 0.3 is 0 Å². The molecular formula is C26H30F2N4O2. The zero-order valence-corrected chi connectivity index (χ0v) is 19.6. The Morgan fingerprint density at radius 3 is 2.53 bits per heavy atom. The summed E-state index contributed by atoms with van der Waals surface area (Å²) in [5.41, 5.74) is 3.22. The maximum atomic E-state index is 14.1. The highest BCUT2D eigenvalue weighted by molar-refractivity contribution is 5.95. The lowest BCUT2D eigenvalue weighted by Crippen LogP contribution is -2.40. The van der Waals surface area contributed by atoms with E-state index in [-0.39, 0.29) is 24.1 Å². The third-order valence-corrected chi connectivity index (χ3v) is 7.28. The van der Waals surface area contributed by atoms with Gasteiger partial charge in [-0.05, 0) is 68.9 Å². The summed E-state index contributed by atoms with van der Waals surface area (Å²) in [5, 5.41) is 3.17. The first-order chi connectivity index (χ1) is 16.5. The standard InChI is InChI=1S/C26H30F2N4O2/c1-29-16-6-13-23-22(14-16)30-26(32(23)17-7-10-19(34-2)11-8-17)24-4-3-5-25(33)31(24)18-9-12-20(27)21(28)15-18/h6,9,12-15,17,19,24,29H,3-5,7-8,10-11H2,1-2H3/t17?,19?,24-/m0/s1. The number of hydrogen-bond donors (Lipinski definition) is 1. The summed E-state index contributed by atoms with van der Waals surface area (Å²) in [6.07, 6.45) is 5.91. The number of anilines is 2. The lowest BCUT2D eigenvalue weighted by molar-refractivity contribution is -0.120. The Labute approximate surface area is 197 Å². The van der Waals surface area contributed by atoms with E-state index in [1.807, 2.05) is 19.2 Å². The number of carbonyl (C=O) groups excluding carboxylic acids is 1. The first-order valence-corrected chi connectivity index (χ1v) is 12.0. The molecule has 0 unspecified atom stereocenters. The number of benzene rings is 2. The average Bonchev–Trinajstić information content (AvgIpc) is 3.24. The first kappa shape index (κ1) is 22.8. The van der Waals surface area contributed by atoms with Gasteiger partial charge in [0.25, 0.3) is 0 Å². The second-order valence-electron chi connectivity index (χ2n) is 9.23. The van der Waals surface area contributed by atoms with Crippen LogP contribution >= 0.6 is 0 Å². The molecule has 1 aromatic heterocycles. The summed E-state index contributed by atoms with van der Waals surface area (Å²) in [6, 6.07) is 9.68. The highest BCUT2D eigenvalue weighted by Gasteiger charge is 2.36. The van der Waals surface area contributed by atoms with E-state index in [1.54, 1.807) is 12.0 Å². The van der Waals surface area contributed by atoms with Gasteiger partial charge in [-0.1, -0.05) is 0 Å². The molecule has 8 heteroatoms. The summed E-state index contributed by atoms with van der Waals surface area (Å²) in [7, 11) is 3.63. The van der Waals surface area contributed by atoms with Crippen molar-refractivity contribution in [3.8, 4) is 0 Å². The van der Waals surface area contributed by atoms with Gasteiger partial charge in [0.15, 0.2) is 11.6 Å². The maximum Gasteiger partial charge on any atom is 0.227 e. The SMILES string of the molecule is CNc1ccc2c(c1)nc([C@@H]1CCCC(=O)N1c1ccc(F)c(F)c1)n2C1CCC(OC)CC1. The number of carbonyl (C=O) groups is 1. The van der Waals surface area contributed by atoms with Crippen molar-refractivity contribution in [3.63, 3.8) is 0 Å². The van der Waals surface area contributed by atoms with Gasteiger partial charge in [-0.25, -0.2) is 13.8 Å². The van der Waals surface area contributed by atoms with Gasteiger partial charge in [-0.3, -0.25) is 4.79 Å². The smallest absolute Gasteiger partial charge is 0.227 e. The molecule has 1 aliphatic carbocycles. The van der Waals surface area contributed by atoms with Crippen molar-refractivity contribution >= 4 is 28.3 Å². The molecule has 0 spiro atoms.